The molecule has 0 saturated carbocycles. The summed E-state index contributed by atoms with van der Waals surface area (Å²) in [6, 6.07) is 5.66. The van der Waals surface area contributed by atoms with Crippen molar-refractivity contribution < 1.29 is 5.11 Å². The first kappa shape index (κ1) is 11.9. The van der Waals surface area contributed by atoms with Crippen molar-refractivity contribution in [1.29, 1.82) is 0 Å². The van der Waals surface area contributed by atoms with E-state index in [0.717, 1.165) is 5.82 Å². The van der Waals surface area contributed by atoms with Gasteiger partial charge in [-0.05, 0) is 33.2 Å². The molecule has 0 aliphatic carbocycles. The lowest BCUT2D eigenvalue weighted by Gasteiger charge is -2.27. The Morgan fingerprint density at radius 1 is 1.47 bits per heavy atom. The van der Waals surface area contributed by atoms with Gasteiger partial charge in [0.05, 0.1) is 5.60 Å². The van der Waals surface area contributed by atoms with Crippen LogP contribution in [0.3, 0.4) is 0 Å². The van der Waals surface area contributed by atoms with Crippen LogP contribution in [0, 0.1) is 0 Å². The number of rotatable bonds is 5. The van der Waals surface area contributed by atoms with Gasteiger partial charge < -0.3 is 15.3 Å². The van der Waals surface area contributed by atoms with Crippen LogP contribution >= 0.6 is 0 Å². The van der Waals surface area contributed by atoms with E-state index in [4.69, 9.17) is 0 Å². The Kier molecular flexibility index (Phi) is 4.05. The Hall–Kier alpha value is -1.13. The van der Waals surface area contributed by atoms with Crippen LogP contribution in [0.4, 0.5) is 5.82 Å². The maximum Gasteiger partial charge on any atom is 0.125 e. The molecule has 0 aliphatic heterocycles. The van der Waals surface area contributed by atoms with E-state index in [1.807, 2.05) is 44.1 Å². The lowest BCUT2D eigenvalue weighted by atomic mass is 10.1. The van der Waals surface area contributed by atoms with Gasteiger partial charge in [0.2, 0.25) is 0 Å². The van der Waals surface area contributed by atoms with E-state index >= 15 is 0 Å². The van der Waals surface area contributed by atoms with Crippen LogP contribution in [0.5, 0.6) is 0 Å². The van der Waals surface area contributed by atoms with Gasteiger partial charge >= 0.3 is 0 Å². The number of nitrogens with zero attached hydrogens (tertiary/aromatic N) is 2. The lowest BCUT2D eigenvalue weighted by molar-refractivity contribution is 0.0459. The van der Waals surface area contributed by atoms with Gasteiger partial charge in [-0.1, -0.05) is 6.07 Å². The Bertz CT molecular complexity index is 285. The van der Waals surface area contributed by atoms with Crippen molar-refractivity contribution in [2.45, 2.75) is 12.5 Å². The fourth-order valence-electron chi connectivity index (χ4n) is 1.49. The summed E-state index contributed by atoms with van der Waals surface area (Å²) >= 11 is 0. The van der Waals surface area contributed by atoms with E-state index in [2.05, 4.69) is 10.3 Å². The van der Waals surface area contributed by atoms with E-state index in [1.54, 1.807) is 6.20 Å². The number of aromatic nitrogens is 1. The minimum Gasteiger partial charge on any atom is -0.387 e. The highest BCUT2D eigenvalue weighted by atomic mass is 16.3. The van der Waals surface area contributed by atoms with Crippen molar-refractivity contribution in [2.24, 2.45) is 0 Å². The van der Waals surface area contributed by atoms with Crippen molar-refractivity contribution in [3.63, 3.8) is 0 Å². The first-order valence-electron chi connectivity index (χ1n) is 5.02. The summed E-state index contributed by atoms with van der Waals surface area (Å²) in [6.07, 6.45) is 1.73. The van der Waals surface area contributed by atoms with E-state index in [9.17, 15) is 5.11 Å². The highest BCUT2D eigenvalue weighted by molar-refractivity contribution is 5.33. The Labute approximate surface area is 90.9 Å². The summed E-state index contributed by atoms with van der Waals surface area (Å²) < 4.78 is 0. The number of anilines is 1. The molecule has 0 saturated heterocycles. The first-order valence-corrected chi connectivity index (χ1v) is 5.02. The summed E-state index contributed by atoms with van der Waals surface area (Å²) in [5.41, 5.74) is -0.749. The quantitative estimate of drug-likeness (QED) is 0.753. The summed E-state index contributed by atoms with van der Waals surface area (Å²) in [4.78, 5) is 6.08. The number of aliphatic hydroxyl groups is 1. The van der Waals surface area contributed by atoms with Gasteiger partial charge in [-0.15, -0.1) is 0 Å². The second kappa shape index (κ2) is 5.09. The van der Waals surface area contributed by atoms with Crippen molar-refractivity contribution >= 4 is 5.82 Å². The Balaban J connectivity index is 2.42. The minimum absolute atomic E-state index is 0.488. The lowest BCUT2D eigenvalue weighted by Crippen LogP contribution is -2.43. The first-order chi connectivity index (χ1) is 6.99. The second-order valence-electron chi connectivity index (χ2n) is 4.30. The molecular formula is C11H19N3O. The average molecular weight is 209 g/mol. The predicted octanol–water partition coefficient (Wildman–Crippen LogP) is 0.806. The summed E-state index contributed by atoms with van der Waals surface area (Å²) in [7, 11) is 3.88. The standard InChI is InChI=1S/C11H19N3O/c1-11(15,9-14(2)3)8-13-10-6-4-5-7-12-10/h4-7,15H,8-9H2,1-3H3,(H,12,13). The highest BCUT2D eigenvalue weighted by Gasteiger charge is 2.20. The van der Waals surface area contributed by atoms with Crippen LogP contribution in [0.2, 0.25) is 0 Å². The van der Waals surface area contributed by atoms with Gasteiger partial charge in [-0.25, -0.2) is 4.98 Å². The van der Waals surface area contributed by atoms with Crippen molar-refractivity contribution in [1.82, 2.24) is 9.88 Å². The van der Waals surface area contributed by atoms with E-state index in [1.165, 1.54) is 0 Å². The summed E-state index contributed by atoms with van der Waals surface area (Å²) in [5.74, 6) is 0.788. The molecule has 0 amide bonds. The average Bonchev–Trinajstić information content (AvgIpc) is 2.15. The molecule has 1 aromatic heterocycles. The van der Waals surface area contributed by atoms with Gasteiger partial charge in [0, 0.05) is 19.3 Å². The third-order valence-electron chi connectivity index (χ3n) is 1.97. The number of hydrogen-bond acceptors (Lipinski definition) is 4. The smallest absolute Gasteiger partial charge is 0.125 e. The molecule has 0 aromatic carbocycles. The fraction of sp³-hybridized carbons (Fsp3) is 0.545. The molecular weight excluding hydrogens is 190 g/mol. The summed E-state index contributed by atoms with van der Waals surface area (Å²) in [6.45, 7) is 2.91. The maximum absolute atomic E-state index is 10.0. The number of nitrogens with one attached hydrogen (secondary N) is 1. The molecule has 0 spiro atoms. The highest BCUT2D eigenvalue weighted by Crippen LogP contribution is 2.07. The molecule has 0 bridgehead atoms. The molecule has 84 valence electrons. The minimum atomic E-state index is -0.749. The third kappa shape index (κ3) is 4.76. The molecule has 0 aliphatic rings. The monoisotopic (exact) mass is 209 g/mol. The molecule has 4 nitrogen and oxygen atoms in total. The Morgan fingerprint density at radius 3 is 2.73 bits per heavy atom. The number of hydrogen-bond donors (Lipinski definition) is 2. The second-order valence-corrected chi connectivity index (χ2v) is 4.30. The summed E-state index contributed by atoms with van der Waals surface area (Å²) in [5, 5.41) is 13.1. The van der Waals surface area contributed by atoms with Crippen LogP contribution in [-0.4, -0.2) is 47.8 Å². The molecule has 0 fully saturated rings. The molecule has 4 heteroatoms. The predicted molar refractivity (Wildman–Crippen MR) is 61.9 cm³/mol. The van der Waals surface area contributed by atoms with Crippen LogP contribution in [-0.2, 0) is 0 Å². The van der Waals surface area contributed by atoms with E-state index in [0.29, 0.717) is 13.1 Å². The third-order valence-corrected chi connectivity index (χ3v) is 1.97. The van der Waals surface area contributed by atoms with Gasteiger partial charge in [0.15, 0.2) is 0 Å². The van der Waals surface area contributed by atoms with Crippen LogP contribution in [0.15, 0.2) is 24.4 Å². The van der Waals surface area contributed by atoms with Crippen LogP contribution in [0.1, 0.15) is 6.92 Å². The normalized spacial score (nSPS) is 15.0. The van der Waals surface area contributed by atoms with E-state index < -0.39 is 5.60 Å². The van der Waals surface area contributed by atoms with Crippen molar-refractivity contribution in [2.75, 3.05) is 32.5 Å². The number of likely N-dealkylation sites (N-methyl/N-ethyl adjacent to an activating group) is 1. The van der Waals surface area contributed by atoms with Crippen LogP contribution < -0.4 is 5.32 Å². The molecule has 1 heterocycles. The van der Waals surface area contributed by atoms with Gasteiger partial charge in [0.25, 0.3) is 0 Å². The van der Waals surface area contributed by atoms with Crippen LogP contribution in [0.25, 0.3) is 0 Å². The molecule has 0 radical (unpaired) electrons. The largest absolute Gasteiger partial charge is 0.387 e. The van der Waals surface area contributed by atoms with Gasteiger partial charge in [-0.3, -0.25) is 0 Å². The zero-order valence-electron chi connectivity index (χ0n) is 9.57. The van der Waals surface area contributed by atoms with Crippen molar-refractivity contribution in [3.05, 3.63) is 24.4 Å². The fourth-order valence-corrected chi connectivity index (χ4v) is 1.49. The molecule has 1 atom stereocenters. The molecule has 1 unspecified atom stereocenters. The molecule has 15 heavy (non-hydrogen) atoms. The molecule has 1 rings (SSSR count). The molecule has 2 N–H and O–H groups in total. The maximum atomic E-state index is 10.0. The molecule has 1 aromatic rings. The van der Waals surface area contributed by atoms with Crippen molar-refractivity contribution in [3.8, 4) is 0 Å². The van der Waals surface area contributed by atoms with Gasteiger partial charge in [-0.2, -0.15) is 0 Å². The zero-order chi connectivity index (χ0) is 11.3. The Morgan fingerprint density at radius 2 is 2.20 bits per heavy atom. The zero-order valence-corrected chi connectivity index (χ0v) is 9.57. The van der Waals surface area contributed by atoms with Gasteiger partial charge in [0.1, 0.15) is 5.82 Å². The number of pyridine rings is 1. The topological polar surface area (TPSA) is 48.4 Å². The van der Waals surface area contributed by atoms with E-state index in [-0.39, 0.29) is 0 Å². The SMILES string of the molecule is CN(C)CC(C)(O)CNc1ccccn1.